The Bertz CT molecular complexity index is 538. The SMILES string of the molecule is COCCOCCOCCn1cc(CO)c2ccccc21. The lowest BCUT2D eigenvalue weighted by Gasteiger charge is -2.07. The maximum Gasteiger partial charge on any atom is 0.0702 e. The fourth-order valence-corrected chi connectivity index (χ4v) is 2.26. The van der Waals surface area contributed by atoms with E-state index in [-0.39, 0.29) is 6.61 Å². The van der Waals surface area contributed by atoms with Crippen molar-refractivity contribution >= 4 is 10.9 Å². The molecule has 0 aliphatic heterocycles. The van der Waals surface area contributed by atoms with Crippen LogP contribution < -0.4 is 0 Å². The molecular weight excluding hydrogens is 270 g/mol. The molecule has 0 fully saturated rings. The van der Waals surface area contributed by atoms with Gasteiger partial charge in [-0.15, -0.1) is 0 Å². The molecule has 2 aromatic rings. The van der Waals surface area contributed by atoms with Crippen molar-refractivity contribution in [1.82, 2.24) is 4.57 Å². The van der Waals surface area contributed by atoms with Crippen LogP contribution in [-0.4, -0.2) is 49.8 Å². The number of benzene rings is 1. The number of ether oxygens (including phenoxy) is 3. The second-order valence-electron chi connectivity index (χ2n) is 4.74. The van der Waals surface area contributed by atoms with E-state index in [0.717, 1.165) is 23.0 Å². The molecule has 0 radical (unpaired) electrons. The van der Waals surface area contributed by atoms with Gasteiger partial charge in [0.15, 0.2) is 0 Å². The van der Waals surface area contributed by atoms with Gasteiger partial charge in [-0.1, -0.05) is 18.2 Å². The third-order valence-electron chi connectivity index (χ3n) is 3.32. The zero-order chi connectivity index (χ0) is 14.9. The summed E-state index contributed by atoms with van der Waals surface area (Å²) in [7, 11) is 1.65. The molecule has 0 aliphatic rings. The maximum absolute atomic E-state index is 9.39. The summed E-state index contributed by atoms with van der Waals surface area (Å²) in [5.74, 6) is 0. The summed E-state index contributed by atoms with van der Waals surface area (Å²) in [5, 5.41) is 10.5. The van der Waals surface area contributed by atoms with Gasteiger partial charge in [0.1, 0.15) is 0 Å². The highest BCUT2D eigenvalue weighted by atomic mass is 16.5. The number of aromatic nitrogens is 1. The summed E-state index contributed by atoms with van der Waals surface area (Å²) in [6.07, 6.45) is 1.99. The zero-order valence-electron chi connectivity index (χ0n) is 12.5. The number of hydrogen-bond donors (Lipinski definition) is 1. The molecule has 0 saturated heterocycles. The Morgan fingerprint density at radius 2 is 1.71 bits per heavy atom. The molecule has 0 aliphatic carbocycles. The molecule has 1 aromatic carbocycles. The van der Waals surface area contributed by atoms with Gasteiger partial charge in [0.2, 0.25) is 0 Å². The maximum atomic E-state index is 9.39. The standard InChI is InChI=1S/C16H23NO4/c1-19-8-9-21-11-10-20-7-6-17-12-14(13-18)15-4-2-3-5-16(15)17/h2-5,12,18H,6-11,13H2,1H3. The number of nitrogens with zero attached hydrogens (tertiary/aromatic N) is 1. The first kappa shape index (κ1) is 16.0. The molecule has 1 N–H and O–H groups in total. The van der Waals surface area contributed by atoms with E-state index >= 15 is 0 Å². The summed E-state index contributed by atoms with van der Waals surface area (Å²) in [6.45, 7) is 3.81. The van der Waals surface area contributed by atoms with Gasteiger partial charge in [-0.25, -0.2) is 0 Å². The lowest BCUT2D eigenvalue weighted by Crippen LogP contribution is -2.11. The van der Waals surface area contributed by atoms with Crippen molar-refractivity contribution in [3.63, 3.8) is 0 Å². The molecule has 116 valence electrons. The molecule has 0 spiro atoms. The smallest absolute Gasteiger partial charge is 0.0702 e. The number of methoxy groups -OCH3 is 1. The van der Waals surface area contributed by atoms with Crippen LogP contribution in [0.3, 0.4) is 0 Å². The van der Waals surface area contributed by atoms with Crippen molar-refractivity contribution in [2.24, 2.45) is 0 Å². The molecule has 2 rings (SSSR count). The average molecular weight is 293 g/mol. The average Bonchev–Trinajstić information content (AvgIpc) is 2.88. The van der Waals surface area contributed by atoms with E-state index in [0.29, 0.717) is 33.0 Å². The molecule has 0 saturated carbocycles. The van der Waals surface area contributed by atoms with Crippen LogP contribution in [0.2, 0.25) is 0 Å². The van der Waals surface area contributed by atoms with Crippen LogP contribution in [0.25, 0.3) is 10.9 Å². The first-order chi connectivity index (χ1) is 10.4. The molecule has 5 nitrogen and oxygen atoms in total. The molecule has 1 aromatic heterocycles. The highest BCUT2D eigenvalue weighted by Gasteiger charge is 2.06. The molecule has 0 unspecified atom stereocenters. The van der Waals surface area contributed by atoms with Crippen LogP contribution >= 0.6 is 0 Å². The van der Waals surface area contributed by atoms with Crippen LogP contribution in [-0.2, 0) is 27.4 Å². The normalized spacial score (nSPS) is 11.3. The van der Waals surface area contributed by atoms with Crippen molar-refractivity contribution in [1.29, 1.82) is 0 Å². The Hall–Kier alpha value is -1.40. The predicted octanol–water partition coefficient (Wildman–Crippen LogP) is 1.81. The van der Waals surface area contributed by atoms with E-state index in [4.69, 9.17) is 14.2 Å². The van der Waals surface area contributed by atoms with E-state index in [1.807, 2.05) is 24.4 Å². The minimum Gasteiger partial charge on any atom is -0.392 e. The monoisotopic (exact) mass is 293 g/mol. The highest BCUT2D eigenvalue weighted by Crippen LogP contribution is 2.21. The van der Waals surface area contributed by atoms with E-state index in [2.05, 4.69) is 10.6 Å². The third kappa shape index (κ3) is 4.54. The predicted molar refractivity (Wildman–Crippen MR) is 81.4 cm³/mol. The first-order valence-electron chi connectivity index (χ1n) is 7.19. The summed E-state index contributed by atoms with van der Waals surface area (Å²) in [6, 6.07) is 8.08. The summed E-state index contributed by atoms with van der Waals surface area (Å²) in [5.41, 5.74) is 2.08. The Kier molecular flexibility index (Phi) is 6.69. The highest BCUT2D eigenvalue weighted by molar-refractivity contribution is 5.83. The van der Waals surface area contributed by atoms with Crippen molar-refractivity contribution < 1.29 is 19.3 Å². The van der Waals surface area contributed by atoms with Gasteiger partial charge in [0.25, 0.3) is 0 Å². The molecule has 5 heteroatoms. The van der Waals surface area contributed by atoms with Gasteiger partial charge in [0, 0.05) is 36.3 Å². The van der Waals surface area contributed by atoms with Crippen LogP contribution in [0.5, 0.6) is 0 Å². The fraction of sp³-hybridized carbons (Fsp3) is 0.500. The number of para-hydroxylation sites is 1. The Morgan fingerprint density at radius 3 is 2.48 bits per heavy atom. The number of fused-ring (bicyclic) bond motifs is 1. The van der Waals surface area contributed by atoms with Crippen molar-refractivity contribution in [2.75, 3.05) is 40.1 Å². The summed E-state index contributed by atoms with van der Waals surface area (Å²) < 4.78 is 17.9. The molecule has 1 heterocycles. The van der Waals surface area contributed by atoms with Crippen molar-refractivity contribution in [3.05, 3.63) is 36.0 Å². The van der Waals surface area contributed by atoms with Crippen LogP contribution in [0.15, 0.2) is 30.5 Å². The lowest BCUT2D eigenvalue weighted by molar-refractivity contribution is 0.0232. The minimum atomic E-state index is 0.0573. The van der Waals surface area contributed by atoms with Crippen molar-refractivity contribution in [3.8, 4) is 0 Å². The van der Waals surface area contributed by atoms with Gasteiger partial charge < -0.3 is 23.9 Å². The first-order valence-corrected chi connectivity index (χ1v) is 7.19. The number of aliphatic hydroxyl groups excluding tert-OH is 1. The second kappa shape index (κ2) is 8.79. The second-order valence-corrected chi connectivity index (χ2v) is 4.74. The van der Waals surface area contributed by atoms with E-state index < -0.39 is 0 Å². The fourth-order valence-electron chi connectivity index (χ4n) is 2.26. The van der Waals surface area contributed by atoms with Crippen LogP contribution in [0.4, 0.5) is 0 Å². The van der Waals surface area contributed by atoms with Crippen molar-refractivity contribution in [2.45, 2.75) is 13.2 Å². The van der Waals surface area contributed by atoms with Gasteiger partial charge in [0.05, 0.1) is 39.6 Å². The zero-order valence-corrected chi connectivity index (χ0v) is 12.5. The number of hydrogen-bond acceptors (Lipinski definition) is 4. The largest absolute Gasteiger partial charge is 0.392 e. The molecule has 0 amide bonds. The third-order valence-corrected chi connectivity index (χ3v) is 3.32. The van der Waals surface area contributed by atoms with Crippen LogP contribution in [0.1, 0.15) is 5.56 Å². The molecule has 0 atom stereocenters. The van der Waals surface area contributed by atoms with Gasteiger partial charge >= 0.3 is 0 Å². The van der Waals surface area contributed by atoms with E-state index in [1.54, 1.807) is 7.11 Å². The molecular formula is C16H23NO4. The van der Waals surface area contributed by atoms with E-state index in [9.17, 15) is 5.11 Å². The summed E-state index contributed by atoms with van der Waals surface area (Å²) in [4.78, 5) is 0. The minimum absolute atomic E-state index is 0.0573. The Labute approximate surface area is 125 Å². The Morgan fingerprint density at radius 1 is 1.00 bits per heavy atom. The van der Waals surface area contributed by atoms with Crippen LogP contribution in [0, 0.1) is 0 Å². The lowest BCUT2D eigenvalue weighted by atomic mass is 10.2. The van der Waals surface area contributed by atoms with Gasteiger partial charge in [-0.05, 0) is 6.07 Å². The molecule has 0 bridgehead atoms. The summed E-state index contributed by atoms with van der Waals surface area (Å²) >= 11 is 0. The number of aliphatic hydroxyl groups is 1. The molecule has 21 heavy (non-hydrogen) atoms. The number of rotatable bonds is 10. The van der Waals surface area contributed by atoms with Gasteiger partial charge in [-0.3, -0.25) is 0 Å². The Balaban J connectivity index is 1.76. The van der Waals surface area contributed by atoms with E-state index in [1.165, 1.54) is 0 Å². The topological polar surface area (TPSA) is 52.9 Å². The quantitative estimate of drug-likeness (QED) is 0.679. The van der Waals surface area contributed by atoms with Gasteiger partial charge in [-0.2, -0.15) is 0 Å².